The van der Waals surface area contributed by atoms with Gasteiger partial charge in [-0.1, -0.05) is 80.1 Å². The molecule has 1 aromatic carbocycles. The minimum atomic E-state index is -1.20. The van der Waals surface area contributed by atoms with Gasteiger partial charge in [0.1, 0.15) is 0 Å². The molecule has 0 aliphatic rings. The fourth-order valence-electron chi connectivity index (χ4n) is 3.86. The maximum Gasteiger partial charge on any atom is 0.335 e. The van der Waals surface area contributed by atoms with Crippen molar-refractivity contribution in [3.8, 4) is 0 Å². The largest absolute Gasteiger partial charge is 0.478 e. The monoisotopic (exact) mass is 551 g/mol. The van der Waals surface area contributed by atoms with Crippen molar-refractivity contribution in [3.63, 3.8) is 0 Å². The first-order valence-corrected chi connectivity index (χ1v) is 15.5. The Hall–Kier alpha value is -2.12. The van der Waals surface area contributed by atoms with Gasteiger partial charge in [0.25, 0.3) is 0 Å². The maximum absolute atomic E-state index is 10.5. The van der Waals surface area contributed by atoms with Crippen molar-refractivity contribution in [2.24, 2.45) is 0 Å². The molecule has 0 spiro atoms. The van der Waals surface area contributed by atoms with Crippen molar-refractivity contribution in [2.45, 2.75) is 119 Å². The smallest absolute Gasteiger partial charge is 0.335 e. The summed E-state index contributed by atoms with van der Waals surface area (Å²) >= 11 is 0. The molecule has 0 bridgehead atoms. The summed E-state index contributed by atoms with van der Waals surface area (Å²) in [5.41, 5.74) is 5.18. The number of nitrogen functional groups attached to an aromatic ring is 1. The lowest BCUT2D eigenvalue weighted by molar-refractivity contribution is 0.0696. The molecular weight excluding hydrogens is 490 g/mol. The molecule has 0 radical (unpaired) electrons. The van der Waals surface area contributed by atoms with Crippen molar-refractivity contribution in [2.75, 3.05) is 45.0 Å². The average Bonchev–Trinajstić information content (AvgIpc) is 2.92. The number of unbranched alkanes of at least 4 members (excludes halogenated alkanes) is 6. The third-order valence-electron chi connectivity index (χ3n) is 6.42. The van der Waals surface area contributed by atoms with Gasteiger partial charge in [-0.15, -0.1) is 0 Å². The number of carbonyl (C=O) groups is 2. The molecule has 0 unspecified atom stereocenters. The van der Waals surface area contributed by atoms with Gasteiger partial charge in [0, 0.05) is 5.69 Å². The molecule has 0 saturated carbocycles. The van der Waals surface area contributed by atoms with Crippen LogP contribution in [0.25, 0.3) is 0 Å². The highest BCUT2D eigenvalue weighted by atomic mass is 16.4. The summed E-state index contributed by atoms with van der Waals surface area (Å²) in [6.45, 7) is 21.5. The molecule has 1 rings (SSSR count). The van der Waals surface area contributed by atoms with E-state index in [9.17, 15) is 9.59 Å². The second-order valence-corrected chi connectivity index (χ2v) is 10.3. The van der Waals surface area contributed by atoms with Crippen LogP contribution in [0.5, 0.6) is 0 Å². The lowest BCUT2D eigenvalue weighted by atomic mass is 10.1. The first-order valence-electron chi connectivity index (χ1n) is 15.5. The zero-order valence-electron chi connectivity index (χ0n) is 26.1. The van der Waals surface area contributed by atoms with E-state index in [4.69, 9.17) is 15.9 Å². The van der Waals surface area contributed by atoms with Gasteiger partial charge in [0.2, 0.25) is 0 Å². The van der Waals surface area contributed by atoms with Gasteiger partial charge in [-0.05, 0) is 96.0 Å². The Labute approximate surface area is 240 Å². The molecule has 1 aromatic rings. The molecule has 0 aromatic heterocycles. The van der Waals surface area contributed by atoms with Crippen LogP contribution in [0.1, 0.15) is 139 Å². The Balaban J connectivity index is 0. The van der Waals surface area contributed by atoms with Crippen molar-refractivity contribution in [1.29, 1.82) is 0 Å². The number of anilines is 1. The number of aromatic carboxylic acids is 2. The fourth-order valence-corrected chi connectivity index (χ4v) is 3.86. The highest BCUT2D eigenvalue weighted by Gasteiger charge is 2.09. The molecule has 0 amide bonds. The van der Waals surface area contributed by atoms with E-state index in [1.165, 1.54) is 128 Å². The van der Waals surface area contributed by atoms with Crippen LogP contribution in [-0.2, 0) is 0 Å². The van der Waals surface area contributed by atoms with Gasteiger partial charge >= 0.3 is 11.9 Å². The molecule has 4 N–H and O–H groups in total. The van der Waals surface area contributed by atoms with Crippen LogP contribution in [0, 0.1) is 0 Å². The van der Waals surface area contributed by atoms with Crippen LogP contribution in [0.3, 0.4) is 0 Å². The molecule has 0 saturated heterocycles. The molecule has 0 fully saturated rings. The average molecular weight is 552 g/mol. The van der Waals surface area contributed by atoms with E-state index in [-0.39, 0.29) is 16.8 Å². The number of nitrogens with two attached hydrogens (primary N) is 1. The van der Waals surface area contributed by atoms with E-state index in [0.717, 1.165) is 6.07 Å². The van der Waals surface area contributed by atoms with E-state index in [1.807, 2.05) is 0 Å². The van der Waals surface area contributed by atoms with Crippen LogP contribution in [0.15, 0.2) is 18.2 Å². The van der Waals surface area contributed by atoms with Crippen LogP contribution < -0.4 is 5.73 Å². The molecule has 0 aliphatic heterocycles. The second-order valence-electron chi connectivity index (χ2n) is 10.3. The summed E-state index contributed by atoms with van der Waals surface area (Å²) in [7, 11) is 0. The van der Waals surface area contributed by atoms with E-state index < -0.39 is 11.9 Å². The van der Waals surface area contributed by atoms with Crippen molar-refractivity contribution < 1.29 is 19.8 Å². The van der Waals surface area contributed by atoms with Gasteiger partial charge < -0.3 is 25.7 Å². The highest BCUT2D eigenvalue weighted by molar-refractivity contribution is 5.95. The minimum absolute atomic E-state index is 0.123. The van der Waals surface area contributed by atoms with Crippen LogP contribution in [0.2, 0.25) is 0 Å². The zero-order valence-corrected chi connectivity index (χ0v) is 26.1. The zero-order chi connectivity index (χ0) is 29.9. The maximum atomic E-state index is 10.5. The van der Waals surface area contributed by atoms with E-state index in [0.29, 0.717) is 0 Å². The molecule has 7 nitrogen and oxygen atoms in total. The number of carboxylic acids is 2. The van der Waals surface area contributed by atoms with E-state index in [2.05, 4.69) is 51.3 Å². The third kappa shape index (κ3) is 23.5. The van der Waals surface area contributed by atoms with Gasteiger partial charge in [-0.2, -0.15) is 0 Å². The fraction of sp³-hybridized carbons (Fsp3) is 0.750. The van der Waals surface area contributed by atoms with Crippen LogP contribution in [0.4, 0.5) is 5.69 Å². The second kappa shape index (κ2) is 27.4. The van der Waals surface area contributed by atoms with Crippen LogP contribution >= 0.6 is 0 Å². The van der Waals surface area contributed by atoms with Crippen LogP contribution in [-0.4, -0.2) is 71.2 Å². The number of nitrogens with zero attached hydrogens (tertiary/aromatic N) is 2. The summed E-state index contributed by atoms with van der Waals surface area (Å²) in [5.74, 6) is -2.40. The summed E-state index contributed by atoms with van der Waals surface area (Å²) in [5, 5.41) is 17.1. The first kappa shape index (κ1) is 39.0. The predicted octanol–water partition coefficient (Wildman–Crippen LogP) is 8.04. The third-order valence-corrected chi connectivity index (χ3v) is 6.42. The highest BCUT2D eigenvalue weighted by Crippen LogP contribution is 2.12. The molecular formula is C32H61N3O4. The Morgan fingerprint density at radius 1 is 0.538 bits per heavy atom. The lowest BCUT2D eigenvalue weighted by Gasteiger charge is -2.21. The van der Waals surface area contributed by atoms with Crippen molar-refractivity contribution >= 4 is 17.6 Å². The predicted molar refractivity (Wildman–Crippen MR) is 167 cm³/mol. The number of hydrogen-bond donors (Lipinski definition) is 3. The number of rotatable bonds is 20. The molecule has 7 heteroatoms. The minimum Gasteiger partial charge on any atom is -0.478 e. The Morgan fingerprint density at radius 3 is 0.949 bits per heavy atom. The summed E-state index contributed by atoms with van der Waals surface area (Å²) < 4.78 is 0. The normalized spacial score (nSPS) is 10.6. The number of hydrogen-bond acceptors (Lipinski definition) is 5. The number of benzene rings is 1. The Bertz CT molecular complexity index is 633. The lowest BCUT2D eigenvalue weighted by Crippen LogP contribution is -2.27. The SMILES string of the molecule is CCCCN(CCCC)CCCC.CCCCN(CCCC)CCCC.Nc1cc(C(=O)O)cc(C(=O)O)c1. The topological polar surface area (TPSA) is 107 Å². The quantitative estimate of drug-likeness (QED) is 0.141. The molecule has 0 aliphatic carbocycles. The molecule has 0 heterocycles. The molecule has 39 heavy (non-hydrogen) atoms. The summed E-state index contributed by atoms with van der Waals surface area (Å²) in [6, 6.07) is 3.46. The standard InChI is InChI=1S/2C12H27N.C8H7NO4/c2*1-4-7-10-13(11-8-5-2)12-9-6-3;9-6-2-4(7(10)11)1-5(3-6)8(12)13/h2*4-12H2,1-3H3;1-3H,9H2,(H,10,11)(H,12,13). The van der Waals surface area contributed by atoms with Gasteiger partial charge in [0.15, 0.2) is 0 Å². The van der Waals surface area contributed by atoms with Gasteiger partial charge in [-0.3, -0.25) is 0 Å². The Kier molecular flexibility index (Phi) is 27.5. The summed E-state index contributed by atoms with van der Waals surface area (Å²) in [6.07, 6.45) is 16.2. The van der Waals surface area contributed by atoms with Gasteiger partial charge in [-0.25, -0.2) is 9.59 Å². The molecule has 0 atom stereocenters. The van der Waals surface area contributed by atoms with Crippen molar-refractivity contribution in [3.05, 3.63) is 29.3 Å². The molecule has 228 valence electrons. The van der Waals surface area contributed by atoms with E-state index in [1.54, 1.807) is 0 Å². The Morgan fingerprint density at radius 2 is 0.769 bits per heavy atom. The van der Waals surface area contributed by atoms with E-state index >= 15 is 0 Å². The summed E-state index contributed by atoms with van der Waals surface area (Å²) in [4.78, 5) is 26.2. The van der Waals surface area contributed by atoms with Gasteiger partial charge in [0.05, 0.1) is 11.1 Å². The first-order chi connectivity index (χ1) is 18.7. The number of carboxylic acid groups (broad SMARTS) is 2. The van der Waals surface area contributed by atoms with Crippen molar-refractivity contribution in [1.82, 2.24) is 9.80 Å².